The molecule has 0 saturated heterocycles. The molecule has 0 aliphatic rings. The Morgan fingerprint density at radius 1 is 1.08 bits per heavy atom. The van der Waals surface area contributed by atoms with Crippen LogP contribution in [-0.4, -0.2) is 33.6 Å². The lowest BCUT2D eigenvalue weighted by atomic mass is 10.1. The highest BCUT2D eigenvalue weighted by molar-refractivity contribution is 14.0. The first-order valence-electron chi connectivity index (χ1n) is 8.63. The number of hydrogen-bond acceptors (Lipinski definition) is 3. The zero-order valence-electron chi connectivity index (χ0n) is 15.1. The Morgan fingerprint density at radius 3 is 2.69 bits per heavy atom. The molecule has 3 aromatic rings. The highest BCUT2D eigenvalue weighted by Gasteiger charge is 2.05. The predicted molar refractivity (Wildman–Crippen MR) is 116 cm³/mol. The van der Waals surface area contributed by atoms with E-state index >= 15 is 0 Å². The molecule has 2 heterocycles. The Kier molecular flexibility index (Phi) is 7.83. The van der Waals surface area contributed by atoms with Crippen molar-refractivity contribution in [3.8, 4) is 0 Å². The van der Waals surface area contributed by atoms with E-state index in [1.807, 2.05) is 28.8 Å². The van der Waals surface area contributed by atoms with Crippen molar-refractivity contribution in [3.63, 3.8) is 0 Å². The molecule has 26 heavy (non-hydrogen) atoms. The molecule has 0 aliphatic heterocycles. The maximum absolute atomic E-state index is 4.68. The van der Waals surface area contributed by atoms with Gasteiger partial charge in [-0.1, -0.05) is 30.3 Å². The fourth-order valence-corrected chi connectivity index (χ4v) is 2.65. The number of guanidine groups is 1. The van der Waals surface area contributed by atoms with Crippen molar-refractivity contribution in [2.45, 2.75) is 26.8 Å². The molecule has 2 aromatic heterocycles. The summed E-state index contributed by atoms with van der Waals surface area (Å²) in [7, 11) is 0. The van der Waals surface area contributed by atoms with Crippen LogP contribution in [0.1, 0.15) is 23.9 Å². The Hall–Kier alpha value is -2.16. The first-order valence-corrected chi connectivity index (χ1v) is 8.63. The van der Waals surface area contributed by atoms with E-state index < -0.39 is 0 Å². The monoisotopic (exact) mass is 464 g/mol. The van der Waals surface area contributed by atoms with Crippen LogP contribution in [0.3, 0.4) is 0 Å². The standard InChI is InChI=1S/C19H24N6.HI/c1-3-20-19(22-14-16-9-5-4-8-15(16)2)21-12-11-18-24-23-17-10-6-7-13-25(17)18;/h4-10,13H,3,11-12,14H2,1-2H3,(H2,20,21,22);1H. The van der Waals surface area contributed by atoms with E-state index in [1.165, 1.54) is 11.1 Å². The number of hydrogen-bond donors (Lipinski definition) is 2. The Bertz CT molecular complexity index is 858. The molecular weight excluding hydrogens is 439 g/mol. The molecule has 0 bridgehead atoms. The van der Waals surface area contributed by atoms with Crippen molar-refractivity contribution in [2.75, 3.05) is 13.1 Å². The van der Waals surface area contributed by atoms with Gasteiger partial charge in [-0.05, 0) is 37.1 Å². The van der Waals surface area contributed by atoms with Gasteiger partial charge in [0.15, 0.2) is 11.6 Å². The van der Waals surface area contributed by atoms with Gasteiger partial charge in [0.05, 0.1) is 6.54 Å². The average Bonchev–Trinajstić information content (AvgIpc) is 3.04. The highest BCUT2D eigenvalue weighted by atomic mass is 127. The smallest absolute Gasteiger partial charge is 0.191 e. The summed E-state index contributed by atoms with van der Waals surface area (Å²) < 4.78 is 2.01. The normalized spacial score (nSPS) is 11.2. The van der Waals surface area contributed by atoms with E-state index in [9.17, 15) is 0 Å². The Morgan fingerprint density at radius 2 is 1.88 bits per heavy atom. The fraction of sp³-hybridized carbons (Fsp3) is 0.316. The number of nitrogens with zero attached hydrogens (tertiary/aromatic N) is 4. The number of aryl methyl sites for hydroxylation is 1. The number of fused-ring (bicyclic) bond motifs is 1. The van der Waals surface area contributed by atoms with Crippen LogP contribution in [0.4, 0.5) is 0 Å². The summed E-state index contributed by atoms with van der Waals surface area (Å²) in [6.07, 6.45) is 2.77. The Labute approximate surface area is 171 Å². The molecular formula is C19H25IN6. The van der Waals surface area contributed by atoms with Gasteiger partial charge in [0, 0.05) is 25.7 Å². The van der Waals surface area contributed by atoms with E-state index in [4.69, 9.17) is 0 Å². The summed E-state index contributed by atoms with van der Waals surface area (Å²) in [4.78, 5) is 4.68. The molecule has 0 fully saturated rings. The third-order valence-corrected chi connectivity index (χ3v) is 4.04. The average molecular weight is 464 g/mol. The SMILES string of the molecule is CCNC(=NCc1ccccc1C)NCCc1nnc2ccccn12.I. The van der Waals surface area contributed by atoms with Gasteiger partial charge in [-0.15, -0.1) is 34.2 Å². The second-order valence-corrected chi connectivity index (χ2v) is 5.84. The quantitative estimate of drug-likeness (QED) is 0.335. The van der Waals surface area contributed by atoms with Crippen molar-refractivity contribution in [1.29, 1.82) is 0 Å². The van der Waals surface area contributed by atoms with E-state index in [0.717, 1.165) is 36.9 Å². The third-order valence-electron chi connectivity index (χ3n) is 4.04. The molecule has 0 spiro atoms. The summed E-state index contributed by atoms with van der Waals surface area (Å²) in [5, 5.41) is 15.1. The number of nitrogens with one attached hydrogen (secondary N) is 2. The zero-order chi connectivity index (χ0) is 17.5. The second-order valence-electron chi connectivity index (χ2n) is 5.84. The molecule has 0 radical (unpaired) electrons. The number of halogens is 1. The number of rotatable bonds is 6. The van der Waals surface area contributed by atoms with Gasteiger partial charge in [0.2, 0.25) is 0 Å². The molecule has 2 N–H and O–H groups in total. The topological polar surface area (TPSA) is 66.6 Å². The largest absolute Gasteiger partial charge is 0.357 e. The number of pyridine rings is 1. The second kappa shape index (κ2) is 10.1. The van der Waals surface area contributed by atoms with E-state index in [2.05, 4.69) is 63.9 Å². The highest BCUT2D eigenvalue weighted by Crippen LogP contribution is 2.08. The van der Waals surface area contributed by atoms with Crippen LogP contribution in [0, 0.1) is 6.92 Å². The van der Waals surface area contributed by atoms with Crippen molar-refractivity contribution in [3.05, 3.63) is 65.6 Å². The number of benzene rings is 1. The van der Waals surface area contributed by atoms with Gasteiger partial charge in [0.1, 0.15) is 5.82 Å². The van der Waals surface area contributed by atoms with Crippen molar-refractivity contribution < 1.29 is 0 Å². The van der Waals surface area contributed by atoms with Gasteiger partial charge < -0.3 is 10.6 Å². The fourth-order valence-electron chi connectivity index (χ4n) is 2.65. The van der Waals surface area contributed by atoms with Crippen LogP contribution in [0.5, 0.6) is 0 Å². The van der Waals surface area contributed by atoms with Gasteiger partial charge in [0.25, 0.3) is 0 Å². The van der Waals surface area contributed by atoms with Crippen molar-refractivity contribution in [2.24, 2.45) is 4.99 Å². The molecule has 6 nitrogen and oxygen atoms in total. The lowest BCUT2D eigenvalue weighted by Gasteiger charge is -2.11. The maximum atomic E-state index is 4.68. The van der Waals surface area contributed by atoms with Gasteiger partial charge >= 0.3 is 0 Å². The van der Waals surface area contributed by atoms with E-state index in [-0.39, 0.29) is 24.0 Å². The molecule has 0 amide bonds. The van der Waals surface area contributed by atoms with Gasteiger partial charge in [-0.3, -0.25) is 4.40 Å². The zero-order valence-corrected chi connectivity index (χ0v) is 17.5. The summed E-state index contributed by atoms with van der Waals surface area (Å²) in [6.45, 7) is 6.41. The molecule has 1 aromatic carbocycles. The minimum atomic E-state index is 0. The summed E-state index contributed by atoms with van der Waals surface area (Å²) >= 11 is 0. The lowest BCUT2D eigenvalue weighted by Crippen LogP contribution is -2.38. The van der Waals surface area contributed by atoms with Crippen LogP contribution < -0.4 is 10.6 Å². The van der Waals surface area contributed by atoms with Crippen molar-refractivity contribution >= 4 is 35.6 Å². The van der Waals surface area contributed by atoms with Crippen LogP contribution >= 0.6 is 24.0 Å². The molecule has 3 rings (SSSR count). The van der Waals surface area contributed by atoms with E-state index in [1.54, 1.807) is 0 Å². The molecule has 0 unspecified atom stereocenters. The maximum Gasteiger partial charge on any atom is 0.191 e. The summed E-state index contributed by atoms with van der Waals surface area (Å²) in [5.41, 5.74) is 3.37. The number of aromatic nitrogens is 3. The molecule has 7 heteroatoms. The third kappa shape index (κ3) is 5.17. The number of aliphatic imine (C=N–C) groups is 1. The lowest BCUT2D eigenvalue weighted by molar-refractivity contribution is 0.763. The predicted octanol–water partition coefficient (Wildman–Crippen LogP) is 2.95. The van der Waals surface area contributed by atoms with E-state index in [0.29, 0.717) is 6.54 Å². The van der Waals surface area contributed by atoms with Gasteiger partial charge in [-0.25, -0.2) is 4.99 Å². The minimum Gasteiger partial charge on any atom is -0.357 e. The summed E-state index contributed by atoms with van der Waals surface area (Å²) in [6, 6.07) is 14.2. The molecule has 0 aliphatic carbocycles. The van der Waals surface area contributed by atoms with Crippen LogP contribution in [0.25, 0.3) is 5.65 Å². The first-order chi connectivity index (χ1) is 12.3. The van der Waals surface area contributed by atoms with Crippen LogP contribution in [0.15, 0.2) is 53.7 Å². The molecule has 138 valence electrons. The first kappa shape index (κ1) is 20.2. The van der Waals surface area contributed by atoms with Crippen LogP contribution in [0.2, 0.25) is 0 Å². The van der Waals surface area contributed by atoms with Crippen molar-refractivity contribution in [1.82, 2.24) is 25.2 Å². The molecule has 0 atom stereocenters. The van der Waals surface area contributed by atoms with Crippen LogP contribution in [-0.2, 0) is 13.0 Å². The molecule has 0 saturated carbocycles. The minimum absolute atomic E-state index is 0. The summed E-state index contributed by atoms with van der Waals surface area (Å²) in [5.74, 6) is 1.76. The van der Waals surface area contributed by atoms with Gasteiger partial charge in [-0.2, -0.15) is 0 Å². The Balaban J connectivity index is 0.00000243.